The molecule has 4 rings (SSSR count). The Kier molecular flexibility index (Phi) is 2.79. The Bertz CT molecular complexity index is 501. The van der Waals surface area contributed by atoms with E-state index in [2.05, 4.69) is 15.9 Å². The van der Waals surface area contributed by atoms with E-state index in [1.54, 1.807) is 6.07 Å². The molecule has 5 atom stereocenters. The summed E-state index contributed by atoms with van der Waals surface area (Å²) in [6, 6.07) is 5.19. The van der Waals surface area contributed by atoms with E-state index >= 15 is 0 Å². The summed E-state index contributed by atoms with van der Waals surface area (Å²) < 4.78 is 14.0. The van der Waals surface area contributed by atoms with Crippen molar-refractivity contribution in [2.75, 3.05) is 0 Å². The van der Waals surface area contributed by atoms with Gasteiger partial charge in [-0.05, 0) is 73.0 Å². The molecule has 0 aromatic heterocycles. The van der Waals surface area contributed by atoms with Gasteiger partial charge in [-0.15, -0.1) is 0 Å². The van der Waals surface area contributed by atoms with Gasteiger partial charge in [-0.2, -0.15) is 0 Å². The van der Waals surface area contributed by atoms with Gasteiger partial charge in [0.2, 0.25) is 0 Å². The molecule has 2 bridgehead atoms. The Morgan fingerprint density at radius 3 is 2.58 bits per heavy atom. The normalized spacial score (nSPS) is 40.3. The number of halogens is 2. The SMILES string of the molecule is NC(Cc1ccc(F)cc1Br)C1C2C3CCC(C3)C12. The van der Waals surface area contributed by atoms with E-state index < -0.39 is 0 Å². The van der Waals surface area contributed by atoms with Crippen molar-refractivity contribution in [1.29, 1.82) is 0 Å². The van der Waals surface area contributed by atoms with E-state index in [1.807, 2.05) is 6.07 Å². The van der Waals surface area contributed by atoms with Crippen molar-refractivity contribution < 1.29 is 4.39 Å². The lowest BCUT2D eigenvalue weighted by atomic mass is 9.94. The van der Waals surface area contributed by atoms with Gasteiger partial charge in [-0.3, -0.25) is 0 Å². The van der Waals surface area contributed by atoms with Crippen molar-refractivity contribution in [1.82, 2.24) is 0 Å². The van der Waals surface area contributed by atoms with Crippen molar-refractivity contribution in [3.63, 3.8) is 0 Å². The second-order valence-electron chi connectivity index (χ2n) is 6.67. The Balaban J connectivity index is 1.47. The van der Waals surface area contributed by atoms with E-state index in [1.165, 1.54) is 25.3 Å². The summed E-state index contributed by atoms with van der Waals surface area (Å²) >= 11 is 3.45. The van der Waals surface area contributed by atoms with E-state index in [-0.39, 0.29) is 11.9 Å². The van der Waals surface area contributed by atoms with Gasteiger partial charge >= 0.3 is 0 Å². The summed E-state index contributed by atoms with van der Waals surface area (Å²) in [5.41, 5.74) is 7.59. The van der Waals surface area contributed by atoms with Crippen LogP contribution >= 0.6 is 15.9 Å². The lowest BCUT2D eigenvalue weighted by Crippen LogP contribution is -2.28. The third kappa shape index (κ3) is 1.89. The van der Waals surface area contributed by atoms with Gasteiger partial charge in [0.15, 0.2) is 0 Å². The number of fused-ring (bicyclic) bond motifs is 5. The van der Waals surface area contributed by atoms with Crippen LogP contribution in [0.15, 0.2) is 22.7 Å². The summed E-state index contributed by atoms with van der Waals surface area (Å²) in [7, 11) is 0. The van der Waals surface area contributed by atoms with Crippen LogP contribution in [0.1, 0.15) is 24.8 Å². The summed E-state index contributed by atoms with van der Waals surface area (Å²) in [5, 5.41) is 0. The molecule has 0 amide bonds. The van der Waals surface area contributed by atoms with Crippen molar-refractivity contribution in [3.8, 4) is 0 Å². The first kappa shape index (κ1) is 12.3. The van der Waals surface area contributed by atoms with Gasteiger partial charge in [0, 0.05) is 10.5 Å². The fourth-order valence-corrected chi connectivity index (χ4v) is 5.55. The number of nitrogens with two attached hydrogens (primary N) is 1. The van der Waals surface area contributed by atoms with E-state index in [0.717, 1.165) is 46.0 Å². The highest BCUT2D eigenvalue weighted by Crippen LogP contribution is 2.70. The standard InChI is InChI=1S/C16H19BrFN/c17-12-7-11(18)4-3-8(12)6-13(19)16-14-9-1-2-10(5-9)15(14)16/h3-4,7,9-10,13-16H,1-2,5-6,19H2. The Morgan fingerprint density at radius 2 is 1.95 bits per heavy atom. The Hall–Kier alpha value is -0.410. The lowest BCUT2D eigenvalue weighted by Gasteiger charge is -2.17. The molecule has 3 saturated carbocycles. The lowest BCUT2D eigenvalue weighted by molar-refractivity contribution is 0.409. The number of rotatable bonds is 3. The van der Waals surface area contributed by atoms with E-state index in [4.69, 9.17) is 5.73 Å². The zero-order valence-electron chi connectivity index (χ0n) is 10.9. The van der Waals surface area contributed by atoms with Crippen molar-refractivity contribution in [3.05, 3.63) is 34.1 Å². The summed E-state index contributed by atoms with van der Waals surface area (Å²) in [6.07, 6.45) is 5.22. The largest absolute Gasteiger partial charge is 0.327 e. The van der Waals surface area contributed by atoms with Crippen molar-refractivity contribution in [2.24, 2.45) is 35.3 Å². The number of hydrogen-bond donors (Lipinski definition) is 1. The minimum atomic E-state index is -0.189. The van der Waals surface area contributed by atoms with Gasteiger partial charge in [-0.25, -0.2) is 4.39 Å². The van der Waals surface area contributed by atoms with Crippen LogP contribution in [0.2, 0.25) is 0 Å². The first-order chi connectivity index (χ1) is 9.15. The molecular weight excluding hydrogens is 305 g/mol. The van der Waals surface area contributed by atoms with Crippen LogP contribution in [0.5, 0.6) is 0 Å². The predicted octanol–water partition coefficient (Wildman–Crippen LogP) is 3.75. The predicted molar refractivity (Wildman–Crippen MR) is 77.1 cm³/mol. The molecule has 1 aromatic rings. The average molecular weight is 324 g/mol. The Labute approximate surface area is 121 Å². The molecule has 0 radical (unpaired) electrons. The van der Waals surface area contributed by atoms with Crippen LogP contribution in [0, 0.1) is 35.4 Å². The molecule has 3 aliphatic rings. The molecule has 1 nitrogen and oxygen atoms in total. The van der Waals surface area contributed by atoms with Gasteiger partial charge in [0.25, 0.3) is 0 Å². The second kappa shape index (κ2) is 4.29. The highest BCUT2D eigenvalue weighted by Gasteiger charge is 2.65. The van der Waals surface area contributed by atoms with Crippen LogP contribution in [-0.2, 0) is 6.42 Å². The topological polar surface area (TPSA) is 26.0 Å². The fourth-order valence-electron chi connectivity index (χ4n) is 5.04. The molecule has 0 saturated heterocycles. The molecule has 102 valence electrons. The van der Waals surface area contributed by atoms with Crippen molar-refractivity contribution >= 4 is 15.9 Å². The number of hydrogen-bond acceptors (Lipinski definition) is 1. The average Bonchev–Trinajstić information content (AvgIpc) is 2.82. The zero-order chi connectivity index (χ0) is 13.1. The van der Waals surface area contributed by atoms with Gasteiger partial charge < -0.3 is 5.73 Å². The van der Waals surface area contributed by atoms with Crippen LogP contribution in [-0.4, -0.2) is 6.04 Å². The van der Waals surface area contributed by atoms with E-state index in [0.29, 0.717) is 0 Å². The highest BCUT2D eigenvalue weighted by atomic mass is 79.9. The molecule has 2 N–H and O–H groups in total. The van der Waals surface area contributed by atoms with E-state index in [9.17, 15) is 4.39 Å². The minimum Gasteiger partial charge on any atom is -0.327 e. The maximum absolute atomic E-state index is 13.1. The molecule has 5 unspecified atom stereocenters. The summed E-state index contributed by atoms with van der Waals surface area (Å²) in [5.74, 6) is 4.35. The maximum Gasteiger partial charge on any atom is 0.124 e. The van der Waals surface area contributed by atoms with Gasteiger partial charge in [0.1, 0.15) is 5.82 Å². The van der Waals surface area contributed by atoms with Gasteiger partial charge in [0.05, 0.1) is 0 Å². The molecule has 3 heteroatoms. The molecule has 3 fully saturated rings. The molecule has 1 aromatic carbocycles. The monoisotopic (exact) mass is 323 g/mol. The van der Waals surface area contributed by atoms with Gasteiger partial charge in [-0.1, -0.05) is 22.0 Å². The number of benzene rings is 1. The molecule has 0 spiro atoms. The molecule has 19 heavy (non-hydrogen) atoms. The summed E-state index contributed by atoms with van der Waals surface area (Å²) in [6.45, 7) is 0. The van der Waals surface area contributed by atoms with Crippen LogP contribution in [0.25, 0.3) is 0 Å². The Morgan fingerprint density at radius 1 is 1.26 bits per heavy atom. The van der Waals surface area contributed by atoms with Crippen molar-refractivity contribution in [2.45, 2.75) is 31.7 Å². The highest BCUT2D eigenvalue weighted by molar-refractivity contribution is 9.10. The molecule has 0 aliphatic heterocycles. The molecular formula is C16H19BrFN. The minimum absolute atomic E-state index is 0.189. The third-order valence-electron chi connectivity index (χ3n) is 5.76. The molecule has 3 aliphatic carbocycles. The fraction of sp³-hybridized carbons (Fsp3) is 0.625. The van der Waals surface area contributed by atoms with Crippen LogP contribution in [0.4, 0.5) is 4.39 Å². The third-order valence-corrected chi connectivity index (χ3v) is 6.50. The smallest absolute Gasteiger partial charge is 0.124 e. The van der Waals surface area contributed by atoms with Crippen LogP contribution in [0.3, 0.4) is 0 Å². The molecule has 0 heterocycles. The maximum atomic E-state index is 13.1. The first-order valence-corrected chi connectivity index (χ1v) is 8.14. The second-order valence-corrected chi connectivity index (χ2v) is 7.52. The summed E-state index contributed by atoms with van der Waals surface area (Å²) in [4.78, 5) is 0. The van der Waals surface area contributed by atoms with Crippen LogP contribution < -0.4 is 5.73 Å². The zero-order valence-corrected chi connectivity index (χ0v) is 12.4. The quantitative estimate of drug-likeness (QED) is 0.900. The first-order valence-electron chi connectivity index (χ1n) is 7.34.